The fourth-order valence-corrected chi connectivity index (χ4v) is 4.38. The molecule has 0 saturated heterocycles. The van der Waals surface area contributed by atoms with Crippen LogP contribution in [0.25, 0.3) is 27.8 Å². The molecule has 0 atom stereocenters. The van der Waals surface area contributed by atoms with Crippen LogP contribution in [0.15, 0.2) is 96.4 Å². The molecule has 0 saturated carbocycles. The van der Waals surface area contributed by atoms with Crippen molar-refractivity contribution in [3.63, 3.8) is 0 Å². The van der Waals surface area contributed by atoms with Crippen molar-refractivity contribution in [2.24, 2.45) is 0 Å². The lowest BCUT2D eigenvalue weighted by molar-refractivity contribution is -0.113. The van der Waals surface area contributed by atoms with Crippen molar-refractivity contribution in [1.82, 2.24) is 19.7 Å². The molecule has 1 amide bonds. The SMILES string of the molecule is Cc1ccc(-n2c(SCC(=O)Nc3cccc4ccccc34)nnc2-c2ccncc2)cc1. The van der Waals surface area contributed by atoms with Crippen molar-refractivity contribution in [3.05, 3.63) is 96.8 Å². The molecular formula is C26H21N5OS. The lowest BCUT2D eigenvalue weighted by Gasteiger charge is -2.11. The molecule has 0 spiro atoms. The van der Waals surface area contributed by atoms with E-state index in [1.807, 2.05) is 90.4 Å². The third-order valence-corrected chi connectivity index (χ3v) is 6.19. The van der Waals surface area contributed by atoms with Gasteiger partial charge in [0.25, 0.3) is 0 Å². The van der Waals surface area contributed by atoms with Gasteiger partial charge in [0.15, 0.2) is 11.0 Å². The maximum atomic E-state index is 12.8. The van der Waals surface area contributed by atoms with Crippen molar-refractivity contribution in [2.45, 2.75) is 12.1 Å². The van der Waals surface area contributed by atoms with Crippen molar-refractivity contribution in [3.8, 4) is 17.1 Å². The van der Waals surface area contributed by atoms with Crippen LogP contribution >= 0.6 is 11.8 Å². The standard InChI is InChI=1S/C26H21N5OS/c1-18-9-11-21(12-10-18)31-25(20-13-15-27-16-14-20)29-30-26(31)33-17-24(32)28-23-8-4-6-19-5-2-3-7-22(19)23/h2-16H,17H2,1H3,(H,28,32). The van der Waals surface area contributed by atoms with Gasteiger partial charge in [0.1, 0.15) is 0 Å². The summed E-state index contributed by atoms with van der Waals surface area (Å²) in [7, 11) is 0. The number of aryl methyl sites for hydroxylation is 1. The molecule has 162 valence electrons. The van der Waals surface area contributed by atoms with Gasteiger partial charge in [0, 0.05) is 34.7 Å². The minimum Gasteiger partial charge on any atom is -0.325 e. The minimum absolute atomic E-state index is 0.0970. The van der Waals surface area contributed by atoms with Crippen molar-refractivity contribution >= 4 is 34.1 Å². The van der Waals surface area contributed by atoms with Gasteiger partial charge in [-0.25, -0.2) is 0 Å². The van der Waals surface area contributed by atoms with Gasteiger partial charge in [-0.3, -0.25) is 14.3 Å². The maximum Gasteiger partial charge on any atom is 0.234 e. The second-order valence-electron chi connectivity index (χ2n) is 7.58. The maximum absolute atomic E-state index is 12.8. The van der Waals surface area contributed by atoms with Gasteiger partial charge in [-0.05, 0) is 42.6 Å². The van der Waals surface area contributed by atoms with Crippen LogP contribution in [-0.4, -0.2) is 31.4 Å². The Labute approximate surface area is 195 Å². The third-order valence-electron chi connectivity index (χ3n) is 5.26. The Bertz CT molecular complexity index is 1410. The predicted octanol–water partition coefficient (Wildman–Crippen LogP) is 5.52. The second-order valence-corrected chi connectivity index (χ2v) is 8.52. The number of nitrogens with one attached hydrogen (secondary N) is 1. The fraction of sp³-hybridized carbons (Fsp3) is 0.0769. The minimum atomic E-state index is -0.0970. The van der Waals surface area contributed by atoms with Crippen LogP contribution in [0.4, 0.5) is 5.69 Å². The van der Waals surface area contributed by atoms with E-state index in [9.17, 15) is 4.79 Å². The molecule has 0 fully saturated rings. The number of pyridine rings is 1. The van der Waals surface area contributed by atoms with Gasteiger partial charge < -0.3 is 5.32 Å². The highest BCUT2D eigenvalue weighted by atomic mass is 32.2. The van der Waals surface area contributed by atoms with Gasteiger partial charge in [0.05, 0.1) is 5.75 Å². The van der Waals surface area contributed by atoms with Crippen LogP contribution in [0.2, 0.25) is 0 Å². The van der Waals surface area contributed by atoms with E-state index >= 15 is 0 Å². The van der Waals surface area contributed by atoms with Gasteiger partial charge >= 0.3 is 0 Å². The smallest absolute Gasteiger partial charge is 0.234 e. The van der Waals surface area contributed by atoms with Crippen LogP contribution in [-0.2, 0) is 4.79 Å². The molecule has 0 aliphatic carbocycles. The average molecular weight is 452 g/mol. The van der Waals surface area contributed by atoms with E-state index in [2.05, 4.69) is 20.5 Å². The zero-order valence-electron chi connectivity index (χ0n) is 18.0. The summed E-state index contributed by atoms with van der Waals surface area (Å²) in [5.74, 6) is 0.822. The lowest BCUT2D eigenvalue weighted by atomic mass is 10.1. The summed E-state index contributed by atoms with van der Waals surface area (Å²) in [5, 5.41) is 14.6. The molecular weight excluding hydrogens is 430 g/mol. The molecule has 0 radical (unpaired) electrons. The van der Waals surface area contributed by atoms with Crippen LogP contribution in [0.3, 0.4) is 0 Å². The number of benzene rings is 3. The first kappa shape index (κ1) is 20.9. The zero-order chi connectivity index (χ0) is 22.6. The number of aromatic nitrogens is 4. The van der Waals surface area contributed by atoms with Gasteiger partial charge in [0.2, 0.25) is 5.91 Å². The van der Waals surface area contributed by atoms with E-state index in [0.717, 1.165) is 27.7 Å². The quantitative estimate of drug-likeness (QED) is 0.344. The molecule has 0 bridgehead atoms. The average Bonchev–Trinajstić information content (AvgIpc) is 3.28. The summed E-state index contributed by atoms with van der Waals surface area (Å²) in [4.78, 5) is 16.9. The number of fused-ring (bicyclic) bond motifs is 1. The molecule has 6 nitrogen and oxygen atoms in total. The molecule has 2 heterocycles. The van der Waals surface area contributed by atoms with Crippen LogP contribution in [0.5, 0.6) is 0 Å². The Balaban J connectivity index is 1.41. The monoisotopic (exact) mass is 451 g/mol. The van der Waals surface area contributed by atoms with Crippen molar-refractivity contribution < 1.29 is 4.79 Å². The molecule has 1 N–H and O–H groups in total. The van der Waals surface area contributed by atoms with E-state index in [1.165, 1.54) is 17.3 Å². The molecule has 0 unspecified atom stereocenters. The molecule has 5 aromatic rings. The van der Waals surface area contributed by atoms with Crippen LogP contribution in [0, 0.1) is 6.92 Å². The van der Waals surface area contributed by atoms with E-state index < -0.39 is 0 Å². The van der Waals surface area contributed by atoms with E-state index in [1.54, 1.807) is 12.4 Å². The number of hydrogen-bond donors (Lipinski definition) is 1. The number of thioether (sulfide) groups is 1. The molecule has 0 aliphatic heterocycles. The number of rotatable bonds is 6. The Hall–Kier alpha value is -3.97. The summed E-state index contributed by atoms with van der Waals surface area (Å²) < 4.78 is 1.98. The number of amides is 1. The van der Waals surface area contributed by atoms with Gasteiger partial charge in [-0.1, -0.05) is 65.9 Å². The van der Waals surface area contributed by atoms with E-state index in [4.69, 9.17) is 0 Å². The number of hydrogen-bond acceptors (Lipinski definition) is 5. The van der Waals surface area contributed by atoms with Gasteiger partial charge in [-0.2, -0.15) is 0 Å². The first-order valence-electron chi connectivity index (χ1n) is 10.5. The highest BCUT2D eigenvalue weighted by molar-refractivity contribution is 7.99. The second kappa shape index (κ2) is 9.26. The molecule has 2 aromatic heterocycles. The molecule has 33 heavy (non-hydrogen) atoms. The lowest BCUT2D eigenvalue weighted by Crippen LogP contribution is -2.14. The normalized spacial score (nSPS) is 10.9. The summed E-state index contributed by atoms with van der Waals surface area (Å²) in [6, 6.07) is 25.9. The largest absolute Gasteiger partial charge is 0.325 e. The van der Waals surface area contributed by atoms with Gasteiger partial charge in [-0.15, -0.1) is 10.2 Å². The fourth-order valence-electron chi connectivity index (χ4n) is 3.63. The Morgan fingerprint density at radius 1 is 0.909 bits per heavy atom. The first-order chi connectivity index (χ1) is 16.2. The molecule has 3 aromatic carbocycles. The van der Waals surface area contributed by atoms with Crippen LogP contribution in [0.1, 0.15) is 5.56 Å². The summed E-state index contributed by atoms with van der Waals surface area (Å²) >= 11 is 1.36. The Morgan fingerprint density at radius 3 is 2.48 bits per heavy atom. The Kier molecular flexibility index (Phi) is 5.87. The summed E-state index contributed by atoms with van der Waals surface area (Å²) in [5.41, 5.74) is 3.82. The molecule has 5 rings (SSSR count). The van der Waals surface area contributed by atoms with Crippen LogP contribution < -0.4 is 5.32 Å². The number of nitrogens with zero attached hydrogens (tertiary/aromatic N) is 4. The Morgan fingerprint density at radius 2 is 1.67 bits per heavy atom. The molecule has 0 aliphatic rings. The van der Waals surface area contributed by atoms with E-state index in [0.29, 0.717) is 11.0 Å². The number of carbonyl (C=O) groups excluding carboxylic acids is 1. The third kappa shape index (κ3) is 4.49. The predicted molar refractivity (Wildman–Crippen MR) is 133 cm³/mol. The highest BCUT2D eigenvalue weighted by Crippen LogP contribution is 2.28. The summed E-state index contributed by atoms with van der Waals surface area (Å²) in [6.45, 7) is 2.05. The number of anilines is 1. The number of carbonyl (C=O) groups is 1. The highest BCUT2D eigenvalue weighted by Gasteiger charge is 2.17. The summed E-state index contributed by atoms with van der Waals surface area (Å²) in [6.07, 6.45) is 3.46. The topological polar surface area (TPSA) is 72.7 Å². The molecule has 7 heteroatoms. The van der Waals surface area contributed by atoms with E-state index in [-0.39, 0.29) is 11.7 Å². The zero-order valence-corrected chi connectivity index (χ0v) is 18.8. The van der Waals surface area contributed by atoms with Crippen molar-refractivity contribution in [1.29, 1.82) is 0 Å². The van der Waals surface area contributed by atoms with Crippen molar-refractivity contribution in [2.75, 3.05) is 11.1 Å². The first-order valence-corrected chi connectivity index (χ1v) is 11.5.